The van der Waals surface area contributed by atoms with Crippen LogP contribution >= 0.6 is 0 Å². The first kappa shape index (κ1) is 19.8. The summed E-state index contributed by atoms with van der Waals surface area (Å²) in [6.07, 6.45) is 1.11. The molecule has 1 atom stereocenters. The van der Waals surface area contributed by atoms with Crippen molar-refractivity contribution < 1.29 is 19.3 Å². The first-order valence-corrected chi connectivity index (χ1v) is 10.7. The third-order valence-corrected chi connectivity index (χ3v) is 6.50. The van der Waals surface area contributed by atoms with E-state index in [2.05, 4.69) is 6.92 Å². The van der Waals surface area contributed by atoms with E-state index >= 15 is 0 Å². The van der Waals surface area contributed by atoms with Crippen molar-refractivity contribution >= 4 is 24.4 Å². The van der Waals surface area contributed by atoms with E-state index < -0.39 is 11.6 Å². The highest BCUT2D eigenvalue weighted by molar-refractivity contribution is 6.25. The number of nitrogens with zero attached hydrogens (tertiary/aromatic N) is 2. The molecule has 0 radical (unpaired) electrons. The second-order valence-corrected chi connectivity index (χ2v) is 7.98. The van der Waals surface area contributed by atoms with E-state index in [1.165, 1.54) is 0 Å². The highest BCUT2D eigenvalue weighted by Crippen LogP contribution is 2.42. The molecule has 0 unspecified atom stereocenters. The minimum Gasteiger partial charge on any atom is -0.508 e. The van der Waals surface area contributed by atoms with Crippen LogP contribution in [0.1, 0.15) is 42.5 Å². The zero-order chi connectivity index (χ0) is 21.9. The summed E-state index contributed by atoms with van der Waals surface area (Å²) in [5.41, 5.74) is 3.83. The van der Waals surface area contributed by atoms with Crippen molar-refractivity contribution in [3.63, 3.8) is 0 Å². The zero-order valence-corrected chi connectivity index (χ0v) is 17.8. The van der Waals surface area contributed by atoms with E-state index in [4.69, 9.17) is 14.4 Å². The summed E-state index contributed by atoms with van der Waals surface area (Å²) in [5.74, 6) is -0.268. The number of carbonyl (C=O) groups excluding carboxylic acids is 1. The standard InChI is InChI=1S/C23H23BN2O5/c1-4-13-14-8-12(27)6-7-18(14)25-20-15(13)10-26-19(20)9-17-16(21(26)28)11-30-22(29)23(17,5-2)31-24-3/h6-9,24,27H,4-5,10-11H2,1-3H3/t23-/m0/s1. The lowest BCUT2D eigenvalue weighted by Gasteiger charge is -2.36. The van der Waals surface area contributed by atoms with Crippen LogP contribution in [0.25, 0.3) is 22.3 Å². The maximum Gasteiger partial charge on any atom is 0.342 e. The van der Waals surface area contributed by atoms with E-state index in [1.807, 2.05) is 19.8 Å². The van der Waals surface area contributed by atoms with Crippen molar-refractivity contribution in [1.82, 2.24) is 9.55 Å². The lowest BCUT2D eigenvalue weighted by atomic mass is 9.83. The van der Waals surface area contributed by atoms with Gasteiger partial charge in [-0.15, -0.1) is 0 Å². The summed E-state index contributed by atoms with van der Waals surface area (Å²) in [6, 6.07) is 7.02. The van der Waals surface area contributed by atoms with Crippen molar-refractivity contribution in [3.8, 4) is 17.1 Å². The first-order chi connectivity index (χ1) is 14.9. The Hall–Kier alpha value is -3.13. The Balaban J connectivity index is 1.82. The van der Waals surface area contributed by atoms with Gasteiger partial charge in [-0.1, -0.05) is 20.7 Å². The van der Waals surface area contributed by atoms with Gasteiger partial charge in [-0.05, 0) is 42.7 Å². The predicted octanol–water partition coefficient (Wildman–Crippen LogP) is 2.77. The predicted molar refractivity (Wildman–Crippen MR) is 117 cm³/mol. The summed E-state index contributed by atoms with van der Waals surface area (Å²) >= 11 is 0. The number of carbonyl (C=O) groups is 1. The Morgan fingerprint density at radius 2 is 2.06 bits per heavy atom. The van der Waals surface area contributed by atoms with Crippen LogP contribution in [-0.2, 0) is 39.4 Å². The van der Waals surface area contributed by atoms with E-state index in [0.29, 0.717) is 37.3 Å². The molecule has 0 aliphatic carbocycles. The molecule has 0 saturated carbocycles. The number of hydrogen-bond donors (Lipinski definition) is 1. The quantitative estimate of drug-likeness (QED) is 0.405. The minimum atomic E-state index is -1.28. The highest BCUT2D eigenvalue weighted by atomic mass is 16.6. The maximum absolute atomic E-state index is 13.5. The number of pyridine rings is 2. The van der Waals surface area contributed by atoms with Crippen molar-refractivity contribution in [2.75, 3.05) is 0 Å². The van der Waals surface area contributed by atoms with Gasteiger partial charge < -0.3 is 19.1 Å². The number of aryl methyl sites for hydroxylation is 1. The number of ether oxygens (including phenoxy) is 1. The Kier molecular flexibility index (Phi) is 4.44. The van der Waals surface area contributed by atoms with Gasteiger partial charge in [0.15, 0.2) is 5.60 Å². The molecule has 5 rings (SSSR count). The van der Waals surface area contributed by atoms with E-state index in [0.717, 1.165) is 34.1 Å². The lowest BCUT2D eigenvalue weighted by Crippen LogP contribution is -2.46. The second-order valence-electron chi connectivity index (χ2n) is 7.98. The summed E-state index contributed by atoms with van der Waals surface area (Å²) in [5, 5.41) is 10.9. The fourth-order valence-corrected chi connectivity index (χ4v) is 5.03. The smallest absolute Gasteiger partial charge is 0.342 e. The first-order valence-electron chi connectivity index (χ1n) is 10.7. The topological polar surface area (TPSA) is 90.7 Å². The number of benzene rings is 1. The molecule has 1 N–H and O–H groups in total. The third kappa shape index (κ3) is 2.61. The van der Waals surface area contributed by atoms with Gasteiger partial charge in [0.25, 0.3) is 13.0 Å². The van der Waals surface area contributed by atoms with Crippen molar-refractivity contribution in [2.45, 2.75) is 52.3 Å². The Bertz CT molecular complexity index is 1320. The summed E-state index contributed by atoms with van der Waals surface area (Å²) in [4.78, 5) is 31.1. The van der Waals surface area contributed by atoms with E-state index in [-0.39, 0.29) is 17.9 Å². The maximum atomic E-state index is 13.5. The number of esters is 1. The molecule has 1 aromatic carbocycles. The van der Waals surface area contributed by atoms with Crippen LogP contribution < -0.4 is 5.56 Å². The molecular formula is C23H23BN2O5. The second kappa shape index (κ2) is 6.95. The number of rotatable bonds is 4. The minimum absolute atomic E-state index is 0.0532. The van der Waals surface area contributed by atoms with Crippen LogP contribution in [-0.4, -0.2) is 28.1 Å². The highest BCUT2D eigenvalue weighted by Gasteiger charge is 2.47. The number of fused-ring (bicyclic) bond motifs is 5. The zero-order valence-electron chi connectivity index (χ0n) is 17.8. The number of cyclic esters (lactones) is 1. The monoisotopic (exact) mass is 418 g/mol. The molecule has 0 spiro atoms. The molecule has 2 aliphatic rings. The van der Waals surface area contributed by atoms with Crippen LogP contribution in [0.2, 0.25) is 6.82 Å². The fourth-order valence-electron chi connectivity index (χ4n) is 5.03. The number of phenols is 1. The fraction of sp³-hybridized carbons (Fsp3) is 0.348. The van der Waals surface area contributed by atoms with Crippen molar-refractivity contribution in [2.24, 2.45) is 0 Å². The lowest BCUT2D eigenvalue weighted by molar-refractivity contribution is -0.168. The van der Waals surface area contributed by atoms with Gasteiger partial charge in [0.1, 0.15) is 12.4 Å². The molecule has 8 heteroatoms. The molecule has 0 saturated heterocycles. The molecular weight excluding hydrogens is 395 g/mol. The van der Waals surface area contributed by atoms with Gasteiger partial charge in [0, 0.05) is 16.5 Å². The molecule has 158 valence electrons. The van der Waals surface area contributed by atoms with Crippen LogP contribution in [0.5, 0.6) is 5.75 Å². The molecule has 31 heavy (non-hydrogen) atoms. The summed E-state index contributed by atoms with van der Waals surface area (Å²) < 4.78 is 13.0. The third-order valence-electron chi connectivity index (χ3n) is 6.50. The van der Waals surface area contributed by atoms with Crippen molar-refractivity contribution in [3.05, 3.63) is 56.9 Å². The van der Waals surface area contributed by atoms with Gasteiger partial charge in [-0.2, -0.15) is 0 Å². The van der Waals surface area contributed by atoms with Gasteiger partial charge >= 0.3 is 5.97 Å². The summed E-state index contributed by atoms with van der Waals surface area (Å²) in [7, 11) is 0.323. The van der Waals surface area contributed by atoms with Crippen LogP contribution in [0.15, 0.2) is 29.1 Å². The van der Waals surface area contributed by atoms with Crippen LogP contribution in [0.3, 0.4) is 0 Å². The Morgan fingerprint density at radius 1 is 1.26 bits per heavy atom. The average molecular weight is 418 g/mol. The molecule has 0 fully saturated rings. The molecule has 2 aromatic heterocycles. The Labute approximate surface area is 179 Å². The molecule has 2 aliphatic heterocycles. The number of aromatic nitrogens is 2. The largest absolute Gasteiger partial charge is 0.508 e. The molecule has 7 nitrogen and oxygen atoms in total. The molecule has 0 bridgehead atoms. The number of hydrogen-bond acceptors (Lipinski definition) is 6. The number of aromatic hydroxyl groups is 1. The molecule has 4 heterocycles. The Morgan fingerprint density at radius 3 is 2.77 bits per heavy atom. The number of phenolic OH excluding ortho intramolecular Hbond substituents is 1. The van der Waals surface area contributed by atoms with Gasteiger partial charge in [0.2, 0.25) is 0 Å². The molecule has 3 aromatic rings. The van der Waals surface area contributed by atoms with Gasteiger partial charge in [-0.3, -0.25) is 4.79 Å². The SMILES string of the molecule is CBO[C@]1(CC)C(=O)OCc2c1cc1n(c2=O)Cc2c-1nc1ccc(O)cc1c2CC. The van der Waals surface area contributed by atoms with E-state index in [9.17, 15) is 14.7 Å². The van der Waals surface area contributed by atoms with Crippen molar-refractivity contribution in [1.29, 1.82) is 0 Å². The van der Waals surface area contributed by atoms with Gasteiger partial charge in [-0.25, -0.2) is 9.78 Å². The van der Waals surface area contributed by atoms with Gasteiger partial charge in [0.05, 0.1) is 29.0 Å². The van der Waals surface area contributed by atoms with Crippen LogP contribution in [0.4, 0.5) is 0 Å². The molecule has 0 amide bonds. The van der Waals surface area contributed by atoms with E-state index in [1.54, 1.807) is 22.8 Å². The summed E-state index contributed by atoms with van der Waals surface area (Å²) in [6.45, 7) is 6.09. The van der Waals surface area contributed by atoms with Crippen LogP contribution in [0, 0.1) is 0 Å². The average Bonchev–Trinajstić information content (AvgIpc) is 3.13. The normalized spacial score (nSPS) is 19.0.